The molecular weight excluding hydrogens is 1570 g/mol. The maximum atomic E-state index is 11.1. The molecule has 0 radical (unpaired) electrons. The Morgan fingerprint density at radius 2 is 0.848 bits per heavy atom. The summed E-state index contributed by atoms with van der Waals surface area (Å²) in [4.78, 5) is 105. The molecule has 3 heterocycles. The van der Waals surface area contributed by atoms with E-state index in [9.17, 15) is 33.2 Å². The molecule has 1 saturated heterocycles. The molecule has 66 heavy (non-hydrogen) atoms. The third-order valence-electron chi connectivity index (χ3n) is 5.58. The van der Waals surface area contributed by atoms with E-state index in [1.165, 1.54) is 47.3 Å². The normalized spacial score (nSPS) is 11.8. The van der Waals surface area contributed by atoms with Gasteiger partial charge >= 0.3 is 82.6 Å². The van der Waals surface area contributed by atoms with Gasteiger partial charge < -0.3 is 70.0 Å². The number of imide groups is 2. The number of carbonyl (C=O) groups excluding carboxylic acids is 5. The number of carbonyl (C=O) groups is 9. The summed E-state index contributed by atoms with van der Waals surface area (Å²) in [7, 11) is 20.6. The van der Waals surface area contributed by atoms with Crippen LogP contribution in [-0.4, -0.2) is 159 Å². The van der Waals surface area contributed by atoms with E-state index in [2.05, 4.69) is 11.9 Å². The van der Waals surface area contributed by atoms with Crippen LogP contribution in [-0.2, 0) is 85.6 Å². The van der Waals surface area contributed by atoms with Crippen molar-refractivity contribution in [1.82, 2.24) is 14.7 Å². The molecule has 24 nitrogen and oxygen atoms in total. The summed E-state index contributed by atoms with van der Waals surface area (Å²) in [6.07, 6.45) is 10.7. The van der Waals surface area contributed by atoms with E-state index in [1.807, 2.05) is 0 Å². The Bertz CT molecular complexity index is 1170. The smallest absolute Gasteiger partial charge is 0 e. The Morgan fingerprint density at radius 3 is 1.00 bits per heavy atom. The number of hydrogen-bond donors (Lipinski definition) is 5. The van der Waals surface area contributed by atoms with Crippen LogP contribution in [0, 0.1) is 31.1 Å². The van der Waals surface area contributed by atoms with Crippen LogP contribution in [0.2, 0.25) is 0 Å². The summed E-state index contributed by atoms with van der Waals surface area (Å²) in [6.45, 7) is 9.35. The van der Waals surface area contributed by atoms with Crippen LogP contribution in [0.4, 0.5) is 4.39 Å². The topological polar surface area (TPSA) is 456 Å². The third kappa shape index (κ3) is 100. The molecule has 0 atom stereocenters. The van der Waals surface area contributed by atoms with Gasteiger partial charge in [0.15, 0.2) is 0 Å². The monoisotopic (exact) mass is 1630 g/mol. The van der Waals surface area contributed by atoms with Crippen molar-refractivity contribution in [3.63, 3.8) is 0 Å². The van der Waals surface area contributed by atoms with Crippen molar-refractivity contribution in [2.45, 2.75) is 79.1 Å². The number of likely N-dealkylation sites (N-methyl/N-ethyl adjacent to an activating group) is 1. The minimum atomic E-state index is -1.00. The van der Waals surface area contributed by atoms with E-state index in [0.29, 0.717) is 51.6 Å². The largest absolute Gasteiger partial charge is 0.693 e. The number of halogens is 5. The zero-order chi connectivity index (χ0) is 49.2. The second-order valence-corrected chi connectivity index (χ2v) is 17.1. The van der Waals surface area contributed by atoms with Crippen LogP contribution in [0.25, 0.3) is 24.6 Å². The quantitative estimate of drug-likeness (QED) is 0.0759. The van der Waals surface area contributed by atoms with E-state index in [0.717, 1.165) is 47.1 Å². The summed E-state index contributed by atoms with van der Waals surface area (Å²) >= 11 is -0.944. The van der Waals surface area contributed by atoms with Crippen molar-refractivity contribution in [2.75, 3.05) is 53.6 Å². The number of nitrogens with zero attached hydrogens (tertiary/aromatic N) is 3. The first-order valence-corrected chi connectivity index (χ1v) is 27.9. The van der Waals surface area contributed by atoms with Gasteiger partial charge in [0.25, 0.3) is 41.5 Å². The molecule has 0 aliphatic carbocycles. The Hall–Kier alpha value is -1.98. The Morgan fingerprint density at radius 1 is 0.652 bits per heavy atom. The molecule has 0 aromatic heterocycles. The Kier molecular flexibility index (Phi) is 110. The minimum absolute atomic E-state index is 0. The Balaban J connectivity index is -0.0000000472. The fraction of sp³-hybridized carbons (Fsp3) is 0.588. The van der Waals surface area contributed by atoms with Gasteiger partial charge in [-0.15, -0.1) is 0 Å². The molecule has 398 valence electrons. The zero-order valence-corrected chi connectivity index (χ0v) is 48.5. The standard InChI is InChI=1S/2C10H13NO4.C5H11NO.3C2H4O2.C2H3O.CH3F.4ClH.4H2N.H2O.2Pt.U/c2*12-8-5-6-9(13)11(8)7-3-1-2-4-10(14)15;1-6-2-4-7-5-3-6;3*1-2(3)4;1-2-3;1-2;;;;;;;;;;;;/h2*5-6H,1-4,7H2,(H,14,15);2-5H2,1H3;3*1H3,(H,3,4);1H3;1H3;4*1H;5*1H2;;;/q;;;;;;-1;;;;;;4*-1;;2*+4;/p-4/i;;;;;;;1D;;;;;;;;;;;;. The van der Waals surface area contributed by atoms with Crippen molar-refractivity contribution >= 4 is 97.4 Å². The minimum Gasteiger partial charge on any atom is -0.693 e. The van der Waals surface area contributed by atoms with Gasteiger partial charge in [-0.25, -0.2) is 0 Å². The number of morpholine rings is 1. The van der Waals surface area contributed by atoms with Gasteiger partial charge in [-0.3, -0.25) is 63.6 Å². The van der Waals surface area contributed by atoms with Crippen LogP contribution < -0.4 is 0 Å². The van der Waals surface area contributed by atoms with Crippen LogP contribution in [0.1, 0.15) is 80.4 Å². The number of nitrogens with two attached hydrogens (primary N) is 4. The maximum absolute atomic E-state index is 11.1. The maximum Gasteiger partial charge on any atom is 0 e. The first-order chi connectivity index (χ1) is 28.5. The number of hydrogen-bond acceptors (Lipinski definition) is 12. The second kappa shape index (κ2) is 77.2. The van der Waals surface area contributed by atoms with E-state index in [4.69, 9.17) is 88.5 Å². The van der Waals surface area contributed by atoms with Gasteiger partial charge in [-0.1, -0.05) is 12.8 Å². The fourth-order valence-corrected chi connectivity index (χ4v) is 3.40. The molecule has 3 rings (SSSR count). The molecular formula is C34H65Cl4FN7O17Pt2U-. The van der Waals surface area contributed by atoms with Crippen LogP contribution in [0.15, 0.2) is 24.3 Å². The number of carboxylic acids is 5. The van der Waals surface area contributed by atoms with Gasteiger partial charge in [0, 0.05) is 115 Å². The molecule has 0 saturated carbocycles. The number of rotatable bonds is 12. The molecule has 3 aliphatic rings. The fourth-order valence-electron chi connectivity index (χ4n) is 3.40. The van der Waals surface area contributed by atoms with Crippen molar-refractivity contribution in [2.24, 2.45) is 0 Å². The van der Waals surface area contributed by atoms with Gasteiger partial charge in [0.05, 0.1) is 21.7 Å². The van der Waals surface area contributed by atoms with Gasteiger partial charge in [-0.05, 0) is 32.7 Å². The van der Waals surface area contributed by atoms with Crippen LogP contribution in [0.3, 0.4) is 0 Å². The molecule has 15 N–H and O–H groups in total. The summed E-state index contributed by atoms with van der Waals surface area (Å²) in [6, 6.07) is 0. The number of unbranched alkanes of at least 4 members (excludes halogenated alkanes) is 4. The molecule has 1 fully saturated rings. The summed E-state index contributed by atoms with van der Waals surface area (Å²) in [5.74, 6) is -5.25. The summed E-state index contributed by atoms with van der Waals surface area (Å²) < 4.78 is 20.6. The SMILES string of the molecule is CC(=O)O.CC(=O)O.CC(=O)O.CN1CCOCC1.C[C-]=O.O.O=C(O)CCCCCN1C(=O)C=CC1=O.O=C(O)CCCCCN1C(=O)C=CC1=O.[2H]CF.[Cl][Pt+2][Cl].[Cl][Pt+2][Cl].[NH2-].[NH2-].[NH2-].[NH2-].[U]. The molecule has 0 aromatic carbocycles. The first kappa shape index (κ1) is 94.0. The number of carboxylic acid groups (broad SMARTS) is 5. The molecule has 0 spiro atoms. The van der Waals surface area contributed by atoms with E-state index >= 15 is 0 Å². The van der Waals surface area contributed by atoms with E-state index in [1.54, 1.807) is 0 Å². The van der Waals surface area contributed by atoms with Gasteiger partial charge in [0.1, 0.15) is 0 Å². The van der Waals surface area contributed by atoms with Crippen molar-refractivity contribution in [1.29, 1.82) is 0 Å². The zero-order valence-electron chi connectivity index (χ0n) is 37.8. The summed E-state index contributed by atoms with van der Waals surface area (Å²) in [5, 5.41) is 39.0. The average molecular weight is 1630 g/mol. The average Bonchev–Trinajstić information content (AvgIpc) is 3.63. The molecule has 4 amide bonds. The molecule has 32 heteroatoms. The second-order valence-electron chi connectivity index (χ2n) is 10.5. The number of ether oxygens (including phenoxy) is 1. The van der Waals surface area contributed by atoms with Crippen molar-refractivity contribution in [3.05, 3.63) is 48.9 Å². The van der Waals surface area contributed by atoms with Crippen molar-refractivity contribution in [3.8, 4) is 0 Å². The molecule has 0 aromatic rings. The van der Waals surface area contributed by atoms with E-state index in [-0.39, 0.29) is 97.7 Å². The number of amides is 4. The Labute approximate surface area is 443 Å². The molecule has 0 bridgehead atoms. The summed E-state index contributed by atoms with van der Waals surface area (Å²) in [5.41, 5.74) is 0. The predicted molar refractivity (Wildman–Crippen MR) is 239 cm³/mol. The third-order valence-corrected chi connectivity index (χ3v) is 5.58. The van der Waals surface area contributed by atoms with Gasteiger partial charge in [0.2, 0.25) is 0 Å². The van der Waals surface area contributed by atoms with E-state index < -0.39 is 70.0 Å². The van der Waals surface area contributed by atoms with Gasteiger partial charge in [-0.2, -0.15) is 6.92 Å². The van der Waals surface area contributed by atoms with Crippen LogP contribution >= 0.6 is 37.7 Å². The molecule has 0 unspecified atom stereocenters. The first-order valence-electron chi connectivity index (χ1n) is 17.3. The predicted octanol–water partition coefficient (Wildman–Crippen LogP) is 6.83. The number of aliphatic carboxylic acids is 5. The molecule has 3 aliphatic heterocycles. The van der Waals surface area contributed by atoms with Crippen LogP contribution in [0.5, 0.6) is 0 Å². The van der Waals surface area contributed by atoms with Crippen molar-refractivity contribution < 1.29 is 154 Å². The number of alkyl halides is 1.